The number of rotatable bonds is 5. The van der Waals surface area contributed by atoms with Gasteiger partial charge in [-0.25, -0.2) is 0 Å². The van der Waals surface area contributed by atoms with E-state index in [1.807, 2.05) is 6.92 Å². The molecule has 2 atom stereocenters. The van der Waals surface area contributed by atoms with Crippen molar-refractivity contribution in [1.29, 1.82) is 0 Å². The van der Waals surface area contributed by atoms with Gasteiger partial charge in [-0.2, -0.15) is 0 Å². The number of aliphatic hydroxyl groups is 1. The van der Waals surface area contributed by atoms with Crippen molar-refractivity contribution in [3.63, 3.8) is 0 Å². The Labute approximate surface area is 211 Å². The van der Waals surface area contributed by atoms with E-state index in [1.54, 1.807) is 35.2 Å². The highest BCUT2D eigenvalue weighted by atomic mass is 16.5. The predicted molar refractivity (Wildman–Crippen MR) is 133 cm³/mol. The summed E-state index contributed by atoms with van der Waals surface area (Å²) in [5.74, 6) is -1.31. The number of fused-ring (bicyclic) bond motifs is 1. The lowest BCUT2D eigenvalue weighted by Gasteiger charge is -2.34. The highest BCUT2D eigenvalue weighted by molar-refractivity contribution is 6.05. The summed E-state index contributed by atoms with van der Waals surface area (Å²) in [5.41, 5.74) is 8.15. The number of nitrogen functional groups attached to an aromatic ring is 1. The van der Waals surface area contributed by atoms with Gasteiger partial charge in [0.2, 0.25) is 0 Å². The van der Waals surface area contributed by atoms with Crippen molar-refractivity contribution in [1.82, 2.24) is 10.1 Å². The van der Waals surface area contributed by atoms with Gasteiger partial charge in [-0.05, 0) is 36.8 Å². The molecule has 3 aromatic rings. The molecule has 4 N–H and O–H groups in total. The van der Waals surface area contributed by atoms with Gasteiger partial charge in [0.15, 0.2) is 23.6 Å². The summed E-state index contributed by atoms with van der Waals surface area (Å²) >= 11 is 0. The van der Waals surface area contributed by atoms with Gasteiger partial charge in [-0.3, -0.25) is 14.4 Å². The second-order valence-corrected chi connectivity index (χ2v) is 8.90. The van der Waals surface area contributed by atoms with Crippen LogP contribution in [0.2, 0.25) is 0 Å². The van der Waals surface area contributed by atoms with E-state index in [0.717, 1.165) is 5.56 Å². The lowest BCUT2D eigenvalue weighted by molar-refractivity contribution is -0.150. The topological polar surface area (TPSA) is 160 Å². The smallest absolute Gasteiger partial charge is 0.259 e. The molecule has 2 fully saturated rings. The fourth-order valence-electron chi connectivity index (χ4n) is 4.42. The summed E-state index contributed by atoms with van der Waals surface area (Å²) < 4.78 is 15.9. The van der Waals surface area contributed by atoms with E-state index in [2.05, 4.69) is 10.5 Å². The first kappa shape index (κ1) is 24.7. The number of hydrogen-bond acceptors (Lipinski definition) is 9. The van der Waals surface area contributed by atoms with Gasteiger partial charge in [0.25, 0.3) is 17.7 Å². The van der Waals surface area contributed by atoms with Gasteiger partial charge in [0.05, 0.1) is 25.2 Å². The van der Waals surface area contributed by atoms with E-state index in [9.17, 15) is 19.5 Å². The van der Waals surface area contributed by atoms with Crippen LogP contribution in [0.4, 0.5) is 17.2 Å². The van der Waals surface area contributed by atoms with Crippen LogP contribution in [-0.2, 0) is 19.1 Å². The van der Waals surface area contributed by atoms with Gasteiger partial charge in [0.1, 0.15) is 0 Å². The van der Waals surface area contributed by atoms with Crippen molar-refractivity contribution in [3.05, 3.63) is 47.5 Å². The zero-order chi connectivity index (χ0) is 26.1. The van der Waals surface area contributed by atoms with Gasteiger partial charge in [-0.1, -0.05) is 11.2 Å². The Bertz CT molecular complexity index is 1350. The zero-order valence-electron chi connectivity index (χ0n) is 20.2. The molecule has 2 aromatic carbocycles. The summed E-state index contributed by atoms with van der Waals surface area (Å²) in [5, 5.41) is 17.5. The van der Waals surface area contributed by atoms with Crippen molar-refractivity contribution in [2.75, 3.05) is 55.4 Å². The maximum absolute atomic E-state index is 13.3. The normalized spacial score (nSPS) is 19.2. The molecule has 37 heavy (non-hydrogen) atoms. The molecular formula is C25H27N5O7. The first-order valence-corrected chi connectivity index (χ1v) is 11.9. The molecule has 2 aliphatic rings. The summed E-state index contributed by atoms with van der Waals surface area (Å²) in [6.07, 6.45) is -3.19. The molecule has 2 aliphatic heterocycles. The second kappa shape index (κ2) is 10.2. The number of nitrogens with zero attached hydrogens (tertiary/aromatic N) is 3. The molecule has 0 saturated carbocycles. The molecule has 0 aliphatic carbocycles. The van der Waals surface area contributed by atoms with Crippen LogP contribution in [0.15, 0.2) is 40.9 Å². The molecule has 5 rings (SSSR count). The maximum Gasteiger partial charge on any atom is 0.259 e. The Morgan fingerprint density at radius 3 is 2.70 bits per heavy atom. The van der Waals surface area contributed by atoms with Crippen molar-refractivity contribution in [3.8, 4) is 0 Å². The number of amides is 3. The molecule has 194 valence electrons. The number of morpholine rings is 2. The fourth-order valence-corrected chi connectivity index (χ4v) is 4.42. The number of aliphatic hydroxyl groups excluding tert-OH is 1. The number of carbonyl (C=O) groups is 3. The Kier molecular flexibility index (Phi) is 6.78. The first-order chi connectivity index (χ1) is 17.8. The lowest BCUT2D eigenvalue weighted by atomic mass is 10.0. The summed E-state index contributed by atoms with van der Waals surface area (Å²) in [4.78, 5) is 42.3. The van der Waals surface area contributed by atoms with Gasteiger partial charge >= 0.3 is 0 Å². The van der Waals surface area contributed by atoms with Crippen molar-refractivity contribution >= 4 is 45.9 Å². The number of carbonyl (C=O) groups excluding carboxylic acids is 3. The lowest BCUT2D eigenvalue weighted by Crippen LogP contribution is -2.55. The SMILES string of the molecule is Cc1ccc(N2CCO[C@H]([C@@H](O)C(=O)Nc3ccc4c(N)noc4c3)C2=O)cc1C(=O)N1CCOCC1. The molecule has 0 spiro atoms. The van der Waals surface area contributed by atoms with E-state index < -0.39 is 24.0 Å². The van der Waals surface area contributed by atoms with Crippen molar-refractivity contribution < 1.29 is 33.5 Å². The van der Waals surface area contributed by atoms with Crippen molar-refractivity contribution in [2.45, 2.75) is 19.1 Å². The molecule has 3 amide bonds. The Hall–Kier alpha value is -4.00. The van der Waals surface area contributed by atoms with Crippen LogP contribution in [0.3, 0.4) is 0 Å². The molecule has 12 heteroatoms. The number of nitrogens with one attached hydrogen (secondary N) is 1. The number of aryl methyl sites for hydroxylation is 1. The van der Waals surface area contributed by atoms with Gasteiger partial charge in [0, 0.05) is 42.6 Å². The van der Waals surface area contributed by atoms with Crippen LogP contribution in [-0.4, -0.2) is 84.5 Å². The van der Waals surface area contributed by atoms with Crippen molar-refractivity contribution in [2.24, 2.45) is 0 Å². The highest BCUT2D eigenvalue weighted by Gasteiger charge is 2.39. The monoisotopic (exact) mass is 509 g/mol. The molecule has 1 aromatic heterocycles. The quantitative estimate of drug-likeness (QED) is 0.454. The predicted octanol–water partition coefficient (Wildman–Crippen LogP) is 0.922. The number of anilines is 3. The molecular weight excluding hydrogens is 482 g/mol. The Morgan fingerprint density at radius 1 is 1.14 bits per heavy atom. The third-order valence-corrected chi connectivity index (χ3v) is 6.51. The fraction of sp³-hybridized carbons (Fsp3) is 0.360. The van der Waals surface area contributed by atoms with E-state index in [4.69, 9.17) is 19.7 Å². The number of benzene rings is 2. The minimum Gasteiger partial charge on any atom is -0.380 e. The van der Waals surface area contributed by atoms with E-state index >= 15 is 0 Å². The average molecular weight is 510 g/mol. The molecule has 2 saturated heterocycles. The van der Waals surface area contributed by atoms with Gasteiger partial charge < -0.3 is 40.0 Å². The molecule has 0 bridgehead atoms. The van der Waals surface area contributed by atoms with Crippen LogP contribution in [0.25, 0.3) is 11.0 Å². The molecule has 12 nitrogen and oxygen atoms in total. The third kappa shape index (κ3) is 4.86. The van der Waals surface area contributed by atoms with Crippen LogP contribution in [0, 0.1) is 6.92 Å². The number of aromatic nitrogens is 1. The number of ether oxygens (including phenoxy) is 2. The summed E-state index contributed by atoms with van der Waals surface area (Å²) in [6.45, 7) is 4.10. The highest BCUT2D eigenvalue weighted by Crippen LogP contribution is 2.26. The number of hydrogen-bond donors (Lipinski definition) is 3. The van der Waals surface area contributed by atoms with Crippen LogP contribution < -0.4 is 16.0 Å². The van der Waals surface area contributed by atoms with E-state index in [0.29, 0.717) is 54.2 Å². The molecule has 0 radical (unpaired) electrons. The maximum atomic E-state index is 13.3. The largest absolute Gasteiger partial charge is 0.380 e. The van der Waals surface area contributed by atoms with Crippen LogP contribution >= 0.6 is 0 Å². The molecule has 3 heterocycles. The third-order valence-electron chi connectivity index (χ3n) is 6.51. The van der Waals surface area contributed by atoms with Crippen LogP contribution in [0.1, 0.15) is 15.9 Å². The summed E-state index contributed by atoms with van der Waals surface area (Å²) in [6, 6.07) is 9.89. The minimum absolute atomic E-state index is 0.102. The Morgan fingerprint density at radius 2 is 1.92 bits per heavy atom. The van der Waals surface area contributed by atoms with Gasteiger partial charge in [-0.15, -0.1) is 0 Å². The minimum atomic E-state index is -1.77. The molecule has 0 unspecified atom stereocenters. The second-order valence-electron chi connectivity index (χ2n) is 8.90. The van der Waals surface area contributed by atoms with Crippen LogP contribution in [0.5, 0.6) is 0 Å². The standard InChI is InChI=1S/C25H27N5O7/c1-14-2-4-16(13-18(14)24(33)29-6-9-35-10-7-29)30-8-11-36-21(25(30)34)20(31)23(32)27-15-3-5-17-19(12-15)37-28-22(17)26/h2-5,12-13,20-21,31H,6-11H2,1H3,(H2,26,28)(H,27,32)/t20-,21-/m1/s1. The van der Waals surface area contributed by atoms with E-state index in [-0.39, 0.29) is 24.9 Å². The zero-order valence-corrected chi connectivity index (χ0v) is 20.2. The summed E-state index contributed by atoms with van der Waals surface area (Å²) in [7, 11) is 0. The average Bonchev–Trinajstić information content (AvgIpc) is 3.28. The Balaban J connectivity index is 1.31. The number of nitrogens with two attached hydrogens (primary N) is 1. The van der Waals surface area contributed by atoms with E-state index in [1.165, 1.54) is 11.0 Å². The first-order valence-electron chi connectivity index (χ1n) is 11.9.